The predicted octanol–water partition coefficient (Wildman–Crippen LogP) is 0.309. The van der Waals surface area contributed by atoms with E-state index in [1.165, 1.54) is 16.8 Å². The van der Waals surface area contributed by atoms with Gasteiger partial charge in [-0.1, -0.05) is 19.9 Å². The number of aryl methyl sites for hydroxylation is 1. The van der Waals surface area contributed by atoms with Crippen molar-refractivity contribution in [3.05, 3.63) is 56.5 Å². The Morgan fingerprint density at radius 2 is 2.00 bits per heavy atom. The summed E-state index contributed by atoms with van der Waals surface area (Å²) in [6, 6.07) is 3.82. The third kappa shape index (κ3) is 4.45. The highest BCUT2D eigenvalue weighted by molar-refractivity contribution is 5.75. The van der Waals surface area contributed by atoms with E-state index in [1.807, 2.05) is 13.8 Å². The highest BCUT2D eigenvalue weighted by Gasteiger charge is 2.17. The molecule has 8 nitrogen and oxygen atoms in total. The van der Waals surface area contributed by atoms with Crippen LogP contribution in [0.5, 0.6) is 0 Å². The second kappa shape index (κ2) is 8.09. The number of rotatable bonds is 6. The smallest absolute Gasteiger partial charge is 0.336 e. The maximum absolute atomic E-state index is 12.3. The molecule has 0 saturated carbocycles. The molecule has 0 saturated heterocycles. The highest BCUT2D eigenvalue weighted by Crippen LogP contribution is 2.06. The van der Waals surface area contributed by atoms with Crippen molar-refractivity contribution in [2.24, 2.45) is 18.7 Å². The maximum atomic E-state index is 12.3. The third-order valence-corrected chi connectivity index (χ3v) is 3.92. The molecule has 2 aromatic heterocycles. The minimum atomic E-state index is -0.795. The Labute approximate surface area is 151 Å². The van der Waals surface area contributed by atoms with Gasteiger partial charge in [-0.3, -0.25) is 9.59 Å². The van der Waals surface area contributed by atoms with Gasteiger partial charge in [0, 0.05) is 25.0 Å². The number of hydrogen-bond acceptors (Lipinski definition) is 6. The molecule has 0 amide bonds. The van der Waals surface area contributed by atoms with Crippen LogP contribution in [0.4, 0.5) is 0 Å². The van der Waals surface area contributed by atoms with Crippen LogP contribution >= 0.6 is 0 Å². The van der Waals surface area contributed by atoms with Crippen molar-refractivity contribution in [1.82, 2.24) is 14.1 Å². The van der Waals surface area contributed by atoms with Crippen LogP contribution in [-0.2, 0) is 23.0 Å². The van der Waals surface area contributed by atoms with Crippen LogP contribution in [0.15, 0.2) is 34.0 Å². The van der Waals surface area contributed by atoms with E-state index in [2.05, 4.69) is 4.98 Å². The van der Waals surface area contributed by atoms with Crippen molar-refractivity contribution >= 4 is 5.97 Å². The van der Waals surface area contributed by atoms with Crippen molar-refractivity contribution in [2.75, 3.05) is 6.61 Å². The summed E-state index contributed by atoms with van der Waals surface area (Å²) < 4.78 is 7.48. The fraction of sp³-hybridized carbons (Fsp3) is 0.444. The normalized spacial score (nSPS) is 12.2. The number of carbonyl (C=O) groups excluding carboxylic acids is 1. The fourth-order valence-corrected chi connectivity index (χ4v) is 2.31. The molecule has 2 rings (SSSR count). The lowest BCUT2D eigenvalue weighted by molar-refractivity contribution is -0.146. The zero-order chi connectivity index (χ0) is 19.4. The van der Waals surface area contributed by atoms with E-state index in [0.717, 1.165) is 4.57 Å². The first kappa shape index (κ1) is 19.6. The highest BCUT2D eigenvalue weighted by atomic mass is 16.5. The van der Waals surface area contributed by atoms with Gasteiger partial charge in [-0.2, -0.15) is 0 Å². The first-order chi connectivity index (χ1) is 12.2. The van der Waals surface area contributed by atoms with Crippen LogP contribution in [0.1, 0.15) is 25.1 Å². The fourth-order valence-electron chi connectivity index (χ4n) is 2.31. The Kier molecular flexibility index (Phi) is 6.10. The molecule has 2 N–H and O–H groups in total. The summed E-state index contributed by atoms with van der Waals surface area (Å²) in [5, 5.41) is 0. The van der Waals surface area contributed by atoms with E-state index >= 15 is 0 Å². The monoisotopic (exact) mass is 360 g/mol. The number of esters is 1. The van der Waals surface area contributed by atoms with Gasteiger partial charge in [0.15, 0.2) is 0 Å². The van der Waals surface area contributed by atoms with Crippen LogP contribution in [0.25, 0.3) is 5.82 Å². The van der Waals surface area contributed by atoms with Gasteiger partial charge in [0.05, 0.1) is 6.61 Å². The van der Waals surface area contributed by atoms with Gasteiger partial charge in [0.25, 0.3) is 5.56 Å². The molecule has 0 bridgehead atoms. The number of aromatic nitrogens is 3. The van der Waals surface area contributed by atoms with E-state index in [9.17, 15) is 14.4 Å². The Bertz CT molecular complexity index is 897. The zero-order valence-corrected chi connectivity index (χ0v) is 15.4. The van der Waals surface area contributed by atoms with E-state index in [-0.39, 0.29) is 18.2 Å². The first-order valence-corrected chi connectivity index (χ1v) is 8.38. The molecule has 0 aliphatic rings. The maximum Gasteiger partial charge on any atom is 0.336 e. The van der Waals surface area contributed by atoms with Crippen LogP contribution in [0.3, 0.4) is 0 Å². The third-order valence-electron chi connectivity index (χ3n) is 3.92. The second-order valence-electron chi connectivity index (χ2n) is 6.66. The van der Waals surface area contributed by atoms with Crippen molar-refractivity contribution < 1.29 is 9.53 Å². The first-order valence-electron chi connectivity index (χ1n) is 8.38. The Morgan fingerprint density at radius 3 is 2.58 bits per heavy atom. The van der Waals surface area contributed by atoms with Crippen molar-refractivity contribution in [3.8, 4) is 5.82 Å². The topological polar surface area (TPSA) is 109 Å². The molecule has 0 unspecified atom stereocenters. The molecule has 2 heterocycles. The second-order valence-corrected chi connectivity index (χ2v) is 6.66. The van der Waals surface area contributed by atoms with E-state index in [4.69, 9.17) is 10.5 Å². The summed E-state index contributed by atoms with van der Waals surface area (Å²) in [5.74, 6) is -0.00996. The molecule has 2 aromatic rings. The van der Waals surface area contributed by atoms with Gasteiger partial charge in [-0.25, -0.2) is 14.3 Å². The van der Waals surface area contributed by atoms with Crippen molar-refractivity contribution in [3.63, 3.8) is 0 Å². The van der Waals surface area contributed by atoms with E-state index < -0.39 is 23.3 Å². The molecule has 0 fully saturated rings. The lowest BCUT2D eigenvalue weighted by Crippen LogP contribution is -2.38. The molecule has 26 heavy (non-hydrogen) atoms. The minimum absolute atomic E-state index is 0.218. The van der Waals surface area contributed by atoms with Crippen LogP contribution in [0.2, 0.25) is 0 Å². The average Bonchev–Trinajstić information content (AvgIpc) is 2.59. The van der Waals surface area contributed by atoms with Crippen molar-refractivity contribution in [1.29, 1.82) is 0 Å². The number of ether oxygens (including phenoxy) is 1. The number of nitrogens with two attached hydrogens (primary N) is 1. The minimum Gasteiger partial charge on any atom is -0.464 e. The Hall–Kier alpha value is -2.74. The molecular weight excluding hydrogens is 336 g/mol. The largest absolute Gasteiger partial charge is 0.464 e. The molecule has 0 aliphatic heterocycles. The lowest BCUT2D eigenvalue weighted by Gasteiger charge is -2.13. The van der Waals surface area contributed by atoms with Gasteiger partial charge in [-0.15, -0.1) is 0 Å². The SMILES string of the molecule is Cc1cc(=O)n(-c2ccc(C[C@H](N)C(=O)OCC(C)C)cn2)c(=O)n1C. The summed E-state index contributed by atoms with van der Waals surface area (Å²) in [6.07, 6.45) is 1.75. The quantitative estimate of drug-likeness (QED) is 0.743. The summed E-state index contributed by atoms with van der Waals surface area (Å²) in [4.78, 5) is 40.4. The van der Waals surface area contributed by atoms with Gasteiger partial charge < -0.3 is 15.0 Å². The zero-order valence-electron chi connectivity index (χ0n) is 15.4. The van der Waals surface area contributed by atoms with Gasteiger partial charge >= 0.3 is 11.7 Å². The summed E-state index contributed by atoms with van der Waals surface area (Å²) >= 11 is 0. The number of pyridine rings is 1. The van der Waals surface area contributed by atoms with E-state index in [0.29, 0.717) is 17.9 Å². The molecule has 0 aliphatic carbocycles. The molecular formula is C18H24N4O4. The molecule has 0 spiro atoms. The van der Waals surface area contributed by atoms with E-state index in [1.54, 1.807) is 26.1 Å². The van der Waals surface area contributed by atoms with Crippen LogP contribution < -0.4 is 17.0 Å². The molecule has 140 valence electrons. The van der Waals surface area contributed by atoms with Crippen LogP contribution in [-0.4, -0.2) is 32.7 Å². The molecule has 8 heteroatoms. The van der Waals surface area contributed by atoms with Gasteiger partial charge in [0.2, 0.25) is 0 Å². The number of nitrogens with zero attached hydrogens (tertiary/aromatic N) is 3. The summed E-state index contributed by atoms with van der Waals surface area (Å²) in [5.41, 5.74) is 6.22. The lowest BCUT2D eigenvalue weighted by atomic mass is 10.1. The van der Waals surface area contributed by atoms with Gasteiger partial charge in [0.1, 0.15) is 11.9 Å². The molecule has 0 aromatic carbocycles. The Balaban J connectivity index is 2.17. The Morgan fingerprint density at radius 1 is 1.31 bits per heavy atom. The molecule has 0 radical (unpaired) electrons. The molecule has 1 atom stereocenters. The van der Waals surface area contributed by atoms with Crippen LogP contribution in [0, 0.1) is 12.8 Å². The number of carbonyl (C=O) groups is 1. The predicted molar refractivity (Wildman–Crippen MR) is 97.3 cm³/mol. The standard InChI is InChI=1S/C18H24N4O4/c1-11(2)10-26-17(24)14(19)8-13-5-6-15(20-9-13)22-16(23)7-12(3)21(4)18(22)25/h5-7,9,11,14H,8,10,19H2,1-4H3/t14-/m0/s1. The number of hydrogen-bond donors (Lipinski definition) is 1. The van der Waals surface area contributed by atoms with Gasteiger partial charge in [-0.05, 0) is 30.9 Å². The summed E-state index contributed by atoms with van der Waals surface area (Å²) in [6.45, 7) is 5.89. The van der Waals surface area contributed by atoms with Crippen molar-refractivity contribution in [2.45, 2.75) is 33.2 Å². The average molecular weight is 360 g/mol. The summed E-state index contributed by atoms with van der Waals surface area (Å²) in [7, 11) is 1.59.